The third-order valence-electron chi connectivity index (χ3n) is 3.19. The van der Waals surface area contributed by atoms with E-state index in [0.717, 1.165) is 23.0 Å². The Balaban J connectivity index is 1.80. The highest BCUT2D eigenvalue weighted by Gasteiger charge is 2.25. The van der Waals surface area contributed by atoms with Gasteiger partial charge in [-0.05, 0) is 24.1 Å². The number of aliphatic hydroxyl groups excluding tert-OH is 1. The second-order valence-corrected chi connectivity index (χ2v) is 5.48. The lowest BCUT2D eigenvalue weighted by molar-refractivity contribution is 0.198. The SMILES string of the molecule is O=C(NCc1ccc(Br)cc1)N1CCC(CO)C1. The van der Waals surface area contributed by atoms with Crippen LogP contribution in [0.25, 0.3) is 0 Å². The van der Waals surface area contributed by atoms with Crippen molar-refractivity contribution in [3.63, 3.8) is 0 Å². The maximum absolute atomic E-state index is 11.9. The van der Waals surface area contributed by atoms with Crippen LogP contribution in [0.15, 0.2) is 28.7 Å². The minimum Gasteiger partial charge on any atom is -0.396 e. The van der Waals surface area contributed by atoms with Gasteiger partial charge in [0.25, 0.3) is 0 Å². The van der Waals surface area contributed by atoms with Gasteiger partial charge in [0.2, 0.25) is 0 Å². The molecule has 98 valence electrons. The van der Waals surface area contributed by atoms with Crippen molar-refractivity contribution >= 4 is 22.0 Å². The average Bonchev–Trinajstić information content (AvgIpc) is 2.86. The number of hydrogen-bond donors (Lipinski definition) is 2. The molecule has 18 heavy (non-hydrogen) atoms. The number of rotatable bonds is 3. The molecule has 0 bridgehead atoms. The molecule has 0 aromatic heterocycles. The number of urea groups is 1. The number of amides is 2. The molecular formula is C13H17BrN2O2. The molecule has 1 saturated heterocycles. The minimum atomic E-state index is -0.0473. The van der Waals surface area contributed by atoms with Gasteiger partial charge in [-0.3, -0.25) is 0 Å². The summed E-state index contributed by atoms with van der Waals surface area (Å²) >= 11 is 3.37. The molecule has 2 amide bonds. The second-order valence-electron chi connectivity index (χ2n) is 4.57. The van der Waals surface area contributed by atoms with Crippen LogP contribution in [0.3, 0.4) is 0 Å². The zero-order valence-electron chi connectivity index (χ0n) is 10.1. The molecule has 1 aliphatic heterocycles. The molecule has 1 aromatic carbocycles. The van der Waals surface area contributed by atoms with E-state index in [1.807, 2.05) is 24.3 Å². The quantitative estimate of drug-likeness (QED) is 0.896. The summed E-state index contributed by atoms with van der Waals surface area (Å²) in [5, 5.41) is 11.9. The van der Waals surface area contributed by atoms with Crippen molar-refractivity contribution in [2.24, 2.45) is 5.92 Å². The normalized spacial score (nSPS) is 19.0. The Morgan fingerprint density at radius 2 is 2.17 bits per heavy atom. The molecule has 0 saturated carbocycles. The van der Waals surface area contributed by atoms with Gasteiger partial charge < -0.3 is 15.3 Å². The van der Waals surface area contributed by atoms with E-state index in [0.29, 0.717) is 13.1 Å². The highest BCUT2D eigenvalue weighted by atomic mass is 79.9. The fourth-order valence-corrected chi connectivity index (χ4v) is 2.32. The fourth-order valence-electron chi connectivity index (χ4n) is 2.06. The Morgan fingerprint density at radius 3 is 2.78 bits per heavy atom. The summed E-state index contributed by atoms with van der Waals surface area (Å²) < 4.78 is 1.03. The summed E-state index contributed by atoms with van der Waals surface area (Å²) in [6.45, 7) is 2.09. The van der Waals surface area contributed by atoms with Crippen LogP contribution >= 0.6 is 15.9 Å². The summed E-state index contributed by atoms with van der Waals surface area (Å²) in [6.07, 6.45) is 0.891. The van der Waals surface area contributed by atoms with E-state index in [1.165, 1.54) is 0 Å². The molecule has 1 aromatic rings. The smallest absolute Gasteiger partial charge is 0.317 e. The molecule has 1 aliphatic rings. The van der Waals surface area contributed by atoms with E-state index in [-0.39, 0.29) is 18.6 Å². The maximum atomic E-state index is 11.9. The Kier molecular flexibility index (Phi) is 4.60. The van der Waals surface area contributed by atoms with E-state index < -0.39 is 0 Å². The lowest BCUT2D eigenvalue weighted by atomic mass is 10.1. The molecule has 5 heteroatoms. The number of carbonyl (C=O) groups is 1. The van der Waals surface area contributed by atoms with Crippen molar-refractivity contribution in [2.45, 2.75) is 13.0 Å². The van der Waals surface area contributed by atoms with E-state index in [4.69, 9.17) is 5.11 Å². The van der Waals surface area contributed by atoms with Gasteiger partial charge in [0.15, 0.2) is 0 Å². The first-order valence-electron chi connectivity index (χ1n) is 6.07. The van der Waals surface area contributed by atoms with Gasteiger partial charge in [-0.15, -0.1) is 0 Å². The van der Waals surface area contributed by atoms with Crippen LogP contribution in [0.5, 0.6) is 0 Å². The predicted octanol–water partition coefficient (Wildman–Crippen LogP) is 1.97. The number of nitrogens with zero attached hydrogens (tertiary/aromatic N) is 1. The molecule has 1 unspecified atom stereocenters. The van der Waals surface area contributed by atoms with Crippen LogP contribution in [0.2, 0.25) is 0 Å². The minimum absolute atomic E-state index is 0.0473. The van der Waals surface area contributed by atoms with Crippen molar-refractivity contribution < 1.29 is 9.90 Å². The highest BCUT2D eigenvalue weighted by Crippen LogP contribution is 2.15. The molecule has 4 nitrogen and oxygen atoms in total. The lowest BCUT2D eigenvalue weighted by Gasteiger charge is -2.17. The number of hydrogen-bond acceptors (Lipinski definition) is 2. The largest absolute Gasteiger partial charge is 0.396 e. The topological polar surface area (TPSA) is 52.6 Å². The van der Waals surface area contributed by atoms with Gasteiger partial charge in [-0.2, -0.15) is 0 Å². The summed E-state index contributed by atoms with van der Waals surface area (Å²) in [6, 6.07) is 7.82. The van der Waals surface area contributed by atoms with Crippen LogP contribution < -0.4 is 5.32 Å². The van der Waals surface area contributed by atoms with Gasteiger partial charge in [-0.25, -0.2) is 4.79 Å². The monoisotopic (exact) mass is 312 g/mol. The fraction of sp³-hybridized carbons (Fsp3) is 0.462. The average molecular weight is 313 g/mol. The van der Waals surface area contributed by atoms with Crippen molar-refractivity contribution in [3.8, 4) is 0 Å². The number of nitrogens with one attached hydrogen (secondary N) is 1. The highest BCUT2D eigenvalue weighted by molar-refractivity contribution is 9.10. The standard InChI is InChI=1S/C13H17BrN2O2/c14-12-3-1-10(2-4-12)7-15-13(18)16-6-5-11(8-16)9-17/h1-4,11,17H,5-9H2,(H,15,18). The Hall–Kier alpha value is -1.07. The molecule has 2 N–H and O–H groups in total. The van der Waals surface area contributed by atoms with Crippen LogP contribution in [0.4, 0.5) is 4.79 Å². The van der Waals surface area contributed by atoms with Crippen LogP contribution in [0, 0.1) is 5.92 Å². The van der Waals surface area contributed by atoms with Gasteiger partial charge in [0.1, 0.15) is 0 Å². The second kappa shape index (κ2) is 6.20. The Morgan fingerprint density at radius 1 is 1.44 bits per heavy atom. The van der Waals surface area contributed by atoms with Gasteiger partial charge in [-0.1, -0.05) is 28.1 Å². The first-order chi connectivity index (χ1) is 8.69. The molecular weight excluding hydrogens is 296 g/mol. The molecule has 0 radical (unpaired) electrons. The first kappa shape index (κ1) is 13.4. The van der Waals surface area contributed by atoms with Gasteiger partial charge in [0, 0.05) is 36.6 Å². The van der Waals surface area contributed by atoms with E-state index in [1.54, 1.807) is 4.90 Å². The van der Waals surface area contributed by atoms with E-state index in [2.05, 4.69) is 21.2 Å². The zero-order valence-corrected chi connectivity index (χ0v) is 11.7. The summed E-state index contributed by atoms with van der Waals surface area (Å²) in [7, 11) is 0. The number of aliphatic hydroxyl groups is 1. The van der Waals surface area contributed by atoms with E-state index in [9.17, 15) is 4.79 Å². The molecule has 1 fully saturated rings. The predicted molar refractivity (Wildman–Crippen MR) is 73.1 cm³/mol. The number of likely N-dealkylation sites (tertiary alicyclic amines) is 1. The number of carbonyl (C=O) groups excluding carboxylic acids is 1. The van der Waals surface area contributed by atoms with Gasteiger partial charge in [0.05, 0.1) is 0 Å². The van der Waals surface area contributed by atoms with Crippen molar-refractivity contribution in [1.29, 1.82) is 0 Å². The number of benzene rings is 1. The zero-order chi connectivity index (χ0) is 13.0. The number of halogens is 1. The van der Waals surface area contributed by atoms with Crippen LogP contribution in [-0.2, 0) is 6.54 Å². The molecule has 1 atom stereocenters. The molecule has 2 rings (SSSR count). The third kappa shape index (κ3) is 3.46. The first-order valence-corrected chi connectivity index (χ1v) is 6.86. The van der Waals surface area contributed by atoms with E-state index >= 15 is 0 Å². The third-order valence-corrected chi connectivity index (χ3v) is 3.72. The van der Waals surface area contributed by atoms with Crippen LogP contribution in [0.1, 0.15) is 12.0 Å². The molecule has 0 aliphatic carbocycles. The van der Waals surface area contributed by atoms with Gasteiger partial charge >= 0.3 is 6.03 Å². The van der Waals surface area contributed by atoms with Crippen molar-refractivity contribution in [3.05, 3.63) is 34.3 Å². The molecule has 0 spiro atoms. The van der Waals surface area contributed by atoms with Crippen LogP contribution in [-0.4, -0.2) is 35.7 Å². The van der Waals surface area contributed by atoms with Crippen molar-refractivity contribution in [2.75, 3.05) is 19.7 Å². The lowest BCUT2D eigenvalue weighted by Crippen LogP contribution is -2.38. The van der Waals surface area contributed by atoms with Crippen molar-refractivity contribution in [1.82, 2.24) is 10.2 Å². The Bertz CT molecular complexity index is 408. The summed E-state index contributed by atoms with van der Waals surface area (Å²) in [5.74, 6) is 0.239. The summed E-state index contributed by atoms with van der Waals surface area (Å²) in [5.41, 5.74) is 1.07. The molecule has 1 heterocycles. The Labute approximate surface area is 115 Å². The maximum Gasteiger partial charge on any atom is 0.317 e. The summed E-state index contributed by atoms with van der Waals surface area (Å²) in [4.78, 5) is 13.6.